The summed E-state index contributed by atoms with van der Waals surface area (Å²) in [5.74, 6) is -0.0852. The van der Waals surface area contributed by atoms with Crippen molar-refractivity contribution in [3.05, 3.63) is 72.7 Å². The third-order valence-electron chi connectivity index (χ3n) is 5.44. The Morgan fingerprint density at radius 3 is 2.60 bits per heavy atom. The molecule has 2 aromatic heterocycles. The number of pyridine rings is 1. The highest BCUT2D eigenvalue weighted by Crippen LogP contribution is 2.26. The predicted molar refractivity (Wildman–Crippen MR) is 117 cm³/mol. The molecule has 1 fully saturated rings. The number of rotatable bonds is 6. The minimum Gasteiger partial charge on any atom is -0.335 e. The van der Waals surface area contributed by atoms with E-state index in [0.29, 0.717) is 24.5 Å². The summed E-state index contributed by atoms with van der Waals surface area (Å²) in [7, 11) is 0. The van der Waals surface area contributed by atoms with Gasteiger partial charge in [-0.3, -0.25) is 14.7 Å². The van der Waals surface area contributed by atoms with Crippen LogP contribution in [0.4, 0.5) is 0 Å². The van der Waals surface area contributed by atoms with Gasteiger partial charge < -0.3 is 4.90 Å². The third-order valence-corrected chi connectivity index (χ3v) is 5.44. The molecule has 1 aliphatic heterocycles. The quantitative estimate of drug-likeness (QED) is 0.593. The molecular formula is C23H26N6O. The second-order valence-electron chi connectivity index (χ2n) is 7.34. The number of benzene rings is 1. The smallest absolute Gasteiger partial charge is 0.276 e. The summed E-state index contributed by atoms with van der Waals surface area (Å²) in [6, 6.07) is 11.9. The van der Waals surface area contributed by atoms with Gasteiger partial charge in [-0.2, -0.15) is 0 Å². The fraction of sp³-hybridized carbons (Fsp3) is 0.304. The normalized spacial score (nSPS) is 14.6. The number of carbonyl (C=O) groups excluding carboxylic acids is 1. The highest BCUT2D eigenvalue weighted by molar-refractivity contribution is 5.98. The Bertz CT molecular complexity index is 1020. The van der Waals surface area contributed by atoms with Crippen molar-refractivity contribution < 1.29 is 4.79 Å². The molecule has 0 N–H and O–H groups in total. The Labute approximate surface area is 176 Å². The summed E-state index contributed by atoms with van der Waals surface area (Å²) in [4.78, 5) is 21.6. The minimum absolute atomic E-state index is 0.0852. The van der Waals surface area contributed by atoms with Crippen molar-refractivity contribution in [1.29, 1.82) is 0 Å². The van der Waals surface area contributed by atoms with Crippen molar-refractivity contribution in [2.24, 2.45) is 0 Å². The Morgan fingerprint density at radius 1 is 1.13 bits per heavy atom. The fourth-order valence-corrected chi connectivity index (χ4v) is 3.75. The van der Waals surface area contributed by atoms with E-state index in [2.05, 4.69) is 45.8 Å². The average molecular weight is 403 g/mol. The lowest BCUT2D eigenvalue weighted by Gasteiger charge is -2.33. The maximum Gasteiger partial charge on any atom is 0.276 e. The van der Waals surface area contributed by atoms with Crippen molar-refractivity contribution in [2.45, 2.75) is 13.3 Å². The van der Waals surface area contributed by atoms with E-state index in [1.807, 2.05) is 35.2 Å². The van der Waals surface area contributed by atoms with Gasteiger partial charge in [-0.05, 0) is 36.2 Å². The second kappa shape index (κ2) is 9.00. The van der Waals surface area contributed by atoms with Gasteiger partial charge in [0.2, 0.25) is 0 Å². The Balaban J connectivity index is 1.71. The zero-order chi connectivity index (χ0) is 20.9. The summed E-state index contributed by atoms with van der Waals surface area (Å²) in [6.07, 6.45) is 6.26. The number of carbonyl (C=O) groups is 1. The summed E-state index contributed by atoms with van der Waals surface area (Å²) >= 11 is 0. The molecule has 1 saturated heterocycles. The van der Waals surface area contributed by atoms with Gasteiger partial charge in [0.1, 0.15) is 5.69 Å². The number of hydrogen-bond acceptors (Lipinski definition) is 5. The van der Waals surface area contributed by atoms with E-state index < -0.39 is 0 Å². The predicted octanol–water partition coefficient (Wildman–Crippen LogP) is 2.84. The number of amides is 1. The molecule has 3 heterocycles. The van der Waals surface area contributed by atoms with E-state index in [0.717, 1.165) is 37.3 Å². The van der Waals surface area contributed by atoms with Crippen molar-refractivity contribution in [3.8, 4) is 16.9 Å². The van der Waals surface area contributed by atoms with Gasteiger partial charge in [-0.1, -0.05) is 30.3 Å². The van der Waals surface area contributed by atoms with Gasteiger partial charge in [0.05, 0.1) is 5.69 Å². The largest absolute Gasteiger partial charge is 0.335 e. The van der Waals surface area contributed by atoms with E-state index in [9.17, 15) is 4.79 Å². The first kappa shape index (κ1) is 20.0. The van der Waals surface area contributed by atoms with Gasteiger partial charge in [0.15, 0.2) is 5.69 Å². The topological polar surface area (TPSA) is 67.2 Å². The number of aryl methyl sites for hydroxylation is 1. The van der Waals surface area contributed by atoms with Crippen LogP contribution in [0.1, 0.15) is 23.0 Å². The fourth-order valence-electron chi connectivity index (χ4n) is 3.75. The van der Waals surface area contributed by atoms with Gasteiger partial charge in [-0.15, -0.1) is 11.7 Å². The summed E-state index contributed by atoms with van der Waals surface area (Å²) in [6.45, 7) is 9.75. The van der Waals surface area contributed by atoms with Crippen LogP contribution in [0.15, 0.2) is 61.4 Å². The van der Waals surface area contributed by atoms with Crippen LogP contribution in [0.25, 0.3) is 16.9 Å². The van der Waals surface area contributed by atoms with E-state index in [1.165, 1.54) is 5.56 Å². The molecule has 30 heavy (non-hydrogen) atoms. The highest BCUT2D eigenvalue weighted by Gasteiger charge is 2.28. The van der Waals surface area contributed by atoms with Gasteiger partial charge in [0, 0.05) is 50.7 Å². The summed E-state index contributed by atoms with van der Waals surface area (Å²) in [5.41, 5.74) is 4.04. The number of hydrogen-bond donors (Lipinski definition) is 0. The first-order chi connectivity index (χ1) is 14.7. The molecule has 0 atom stereocenters. The SMILES string of the molecule is C=CCN1CCN(C(=O)c2nnn(-c3cccc(CC)c3)c2-c2ccncc2)CC1. The molecular weight excluding hydrogens is 376 g/mol. The minimum atomic E-state index is -0.0852. The van der Waals surface area contributed by atoms with E-state index in [1.54, 1.807) is 17.1 Å². The molecule has 154 valence electrons. The first-order valence-electron chi connectivity index (χ1n) is 10.3. The Kier molecular flexibility index (Phi) is 5.99. The Morgan fingerprint density at radius 2 is 1.90 bits per heavy atom. The zero-order valence-corrected chi connectivity index (χ0v) is 17.2. The second-order valence-corrected chi connectivity index (χ2v) is 7.34. The van der Waals surface area contributed by atoms with Crippen LogP contribution in [-0.2, 0) is 6.42 Å². The van der Waals surface area contributed by atoms with E-state index >= 15 is 0 Å². The lowest BCUT2D eigenvalue weighted by molar-refractivity contribution is 0.0645. The monoisotopic (exact) mass is 402 g/mol. The van der Waals surface area contributed by atoms with Crippen molar-refractivity contribution in [3.63, 3.8) is 0 Å². The molecule has 7 nitrogen and oxygen atoms in total. The molecule has 0 unspecified atom stereocenters. The molecule has 1 aliphatic rings. The maximum atomic E-state index is 13.4. The number of piperazine rings is 1. The molecule has 0 spiro atoms. The molecule has 0 saturated carbocycles. The van der Waals surface area contributed by atoms with Gasteiger partial charge in [0.25, 0.3) is 5.91 Å². The highest BCUT2D eigenvalue weighted by atomic mass is 16.2. The van der Waals surface area contributed by atoms with E-state index in [-0.39, 0.29) is 5.91 Å². The maximum absolute atomic E-state index is 13.4. The summed E-state index contributed by atoms with van der Waals surface area (Å²) < 4.78 is 1.76. The number of nitrogens with zero attached hydrogens (tertiary/aromatic N) is 6. The lowest BCUT2D eigenvalue weighted by atomic mass is 10.1. The first-order valence-corrected chi connectivity index (χ1v) is 10.3. The molecule has 0 bridgehead atoms. The van der Waals surface area contributed by atoms with Crippen LogP contribution in [0, 0.1) is 0 Å². The van der Waals surface area contributed by atoms with Gasteiger partial charge >= 0.3 is 0 Å². The zero-order valence-electron chi connectivity index (χ0n) is 17.2. The average Bonchev–Trinajstić information content (AvgIpc) is 3.25. The molecule has 7 heteroatoms. The van der Waals surface area contributed by atoms with Gasteiger partial charge in [-0.25, -0.2) is 4.68 Å². The molecule has 3 aromatic rings. The van der Waals surface area contributed by atoms with Crippen LogP contribution in [0.2, 0.25) is 0 Å². The Hall–Kier alpha value is -3.32. The standard InChI is InChI=1S/C23H26N6O/c1-3-12-27-13-15-28(16-14-27)23(30)21-22(19-8-10-24-11-9-19)29(26-25-21)20-7-5-6-18(4-2)17-20/h3,5-11,17H,1,4,12-16H2,2H3. The molecule has 0 radical (unpaired) electrons. The third kappa shape index (κ3) is 4.02. The molecule has 1 aromatic carbocycles. The van der Waals surface area contributed by atoms with Crippen molar-refractivity contribution >= 4 is 5.91 Å². The molecule has 0 aliphatic carbocycles. The number of aromatic nitrogens is 4. The van der Waals surface area contributed by atoms with Crippen LogP contribution in [-0.4, -0.2) is 68.4 Å². The van der Waals surface area contributed by atoms with E-state index in [4.69, 9.17) is 0 Å². The molecule has 4 rings (SSSR count). The molecule has 1 amide bonds. The van der Waals surface area contributed by atoms with Crippen LogP contribution in [0.5, 0.6) is 0 Å². The van der Waals surface area contributed by atoms with Crippen molar-refractivity contribution in [2.75, 3.05) is 32.7 Å². The van der Waals surface area contributed by atoms with Crippen LogP contribution < -0.4 is 0 Å². The van der Waals surface area contributed by atoms with Crippen LogP contribution >= 0.6 is 0 Å². The van der Waals surface area contributed by atoms with Crippen LogP contribution in [0.3, 0.4) is 0 Å². The van der Waals surface area contributed by atoms with Crippen molar-refractivity contribution in [1.82, 2.24) is 29.8 Å². The lowest BCUT2D eigenvalue weighted by Crippen LogP contribution is -2.48. The summed E-state index contributed by atoms with van der Waals surface area (Å²) in [5, 5.41) is 8.70.